The molecule has 0 fully saturated rings. The minimum atomic E-state index is -0.509. The van der Waals surface area contributed by atoms with E-state index in [2.05, 4.69) is 17.6 Å². The summed E-state index contributed by atoms with van der Waals surface area (Å²) < 4.78 is 5.11. The van der Waals surface area contributed by atoms with Crippen LogP contribution in [0.2, 0.25) is 0 Å². The highest BCUT2D eigenvalue weighted by Gasteiger charge is 2.21. The largest absolute Gasteiger partial charge is 0.451 e. The molecule has 2 N–H and O–H groups in total. The van der Waals surface area contributed by atoms with Gasteiger partial charge in [-0.1, -0.05) is 25.1 Å². The molecule has 0 saturated heterocycles. The van der Waals surface area contributed by atoms with E-state index in [4.69, 9.17) is 4.74 Å². The molecule has 0 radical (unpaired) electrons. The van der Waals surface area contributed by atoms with E-state index in [1.807, 2.05) is 38.1 Å². The second kappa shape index (κ2) is 9.22. The normalized spacial score (nSPS) is 15.3. The van der Waals surface area contributed by atoms with Gasteiger partial charge in [0, 0.05) is 10.6 Å². The molecule has 6 nitrogen and oxygen atoms in total. The molecular weight excluding hydrogens is 388 g/mol. The summed E-state index contributed by atoms with van der Waals surface area (Å²) in [6.07, 6.45) is 3.11. The van der Waals surface area contributed by atoms with Gasteiger partial charge in [0.05, 0.1) is 6.54 Å². The number of rotatable bonds is 6. The van der Waals surface area contributed by atoms with Crippen LogP contribution < -0.4 is 10.6 Å². The van der Waals surface area contributed by atoms with Crippen molar-refractivity contribution in [1.29, 1.82) is 0 Å². The zero-order valence-corrected chi connectivity index (χ0v) is 17.8. The highest BCUT2D eigenvalue weighted by atomic mass is 32.1. The number of benzene rings is 1. The summed E-state index contributed by atoms with van der Waals surface area (Å²) >= 11 is 1.45. The van der Waals surface area contributed by atoms with Crippen LogP contribution in [0.1, 0.15) is 44.6 Å². The fourth-order valence-electron chi connectivity index (χ4n) is 3.43. The lowest BCUT2D eigenvalue weighted by Crippen LogP contribution is -2.35. The monoisotopic (exact) mass is 414 g/mol. The Bertz CT molecular complexity index is 915. The maximum atomic E-state index is 12.2. The van der Waals surface area contributed by atoms with Gasteiger partial charge < -0.3 is 15.4 Å². The summed E-state index contributed by atoms with van der Waals surface area (Å²) in [5.41, 5.74) is 3.86. The molecule has 1 aromatic heterocycles. The molecule has 29 heavy (non-hydrogen) atoms. The summed E-state index contributed by atoms with van der Waals surface area (Å²) in [6.45, 7) is 5.43. The lowest BCUT2D eigenvalue weighted by Gasteiger charge is -2.16. The summed E-state index contributed by atoms with van der Waals surface area (Å²) in [5.74, 6) is -0.708. The molecule has 0 spiro atoms. The Morgan fingerprint density at radius 2 is 1.90 bits per heavy atom. The van der Waals surface area contributed by atoms with Crippen molar-refractivity contribution in [3.05, 3.63) is 50.7 Å². The van der Waals surface area contributed by atoms with Crippen LogP contribution in [0, 0.1) is 19.8 Å². The maximum Gasteiger partial charge on any atom is 0.348 e. The minimum Gasteiger partial charge on any atom is -0.451 e. The molecule has 0 unspecified atom stereocenters. The number of thiophene rings is 1. The number of esters is 1. The number of anilines is 1. The van der Waals surface area contributed by atoms with Gasteiger partial charge in [0.1, 0.15) is 4.88 Å². The number of ether oxygens (including phenoxy) is 1. The molecule has 1 atom stereocenters. The van der Waals surface area contributed by atoms with Crippen LogP contribution in [0.4, 0.5) is 5.69 Å². The van der Waals surface area contributed by atoms with Crippen LogP contribution in [-0.2, 0) is 27.2 Å². The van der Waals surface area contributed by atoms with Gasteiger partial charge >= 0.3 is 5.97 Å². The lowest BCUT2D eigenvalue weighted by atomic mass is 9.90. The Morgan fingerprint density at radius 1 is 1.17 bits per heavy atom. The van der Waals surface area contributed by atoms with Gasteiger partial charge in [-0.05, 0) is 61.8 Å². The number of hydrogen-bond donors (Lipinski definition) is 2. The molecule has 154 valence electrons. The third-order valence-corrected chi connectivity index (χ3v) is 6.27. The van der Waals surface area contributed by atoms with Crippen molar-refractivity contribution < 1.29 is 19.1 Å². The van der Waals surface area contributed by atoms with E-state index < -0.39 is 18.5 Å². The predicted octanol–water partition coefficient (Wildman–Crippen LogP) is 3.40. The highest BCUT2D eigenvalue weighted by Crippen LogP contribution is 2.32. The van der Waals surface area contributed by atoms with Crippen molar-refractivity contribution in [3.8, 4) is 0 Å². The van der Waals surface area contributed by atoms with Crippen LogP contribution in [0.15, 0.2) is 24.3 Å². The number of carbonyl (C=O) groups is 3. The molecule has 1 aliphatic carbocycles. The van der Waals surface area contributed by atoms with Crippen molar-refractivity contribution in [2.45, 2.75) is 40.0 Å². The minimum absolute atomic E-state index is 0.185. The number of nitrogens with one attached hydrogen (secondary N) is 2. The van der Waals surface area contributed by atoms with Gasteiger partial charge in [-0.25, -0.2) is 4.79 Å². The number of amides is 2. The second-order valence-corrected chi connectivity index (χ2v) is 8.71. The van der Waals surface area contributed by atoms with Crippen LogP contribution in [0.25, 0.3) is 0 Å². The van der Waals surface area contributed by atoms with E-state index >= 15 is 0 Å². The Kier molecular flexibility index (Phi) is 6.69. The van der Waals surface area contributed by atoms with Crippen molar-refractivity contribution >= 4 is 34.8 Å². The molecule has 1 aromatic carbocycles. The Hall–Kier alpha value is -2.67. The van der Waals surface area contributed by atoms with Gasteiger partial charge in [-0.2, -0.15) is 0 Å². The Labute approximate surface area is 174 Å². The first-order valence-corrected chi connectivity index (χ1v) is 10.6. The summed E-state index contributed by atoms with van der Waals surface area (Å²) in [7, 11) is 0. The maximum absolute atomic E-state index is 12.2. The van der Waals surface area contributed by atoms with E-state index in [-0.39, 0.29) is 12.5 Å². The van der Waals surface area contributed by atoms with Crippen LogP contribution in [-0.4, -0.2) is 30.9 Å². The first kappa shape index (κ1) is 21.0. The third-order valence-electron chi connectivity index (χ3n) is 5.06. The van der Waals surface area contributed by atoms with Crippen molar-refractivity contribution in [2.24, 2.45) is 5.92 Å². The van der Waals surface area contributed by atoms with Crippen molar-refractivity contribution in [3.63, 3.8) is 0 Å². The number of aryl methyl sites for hydroxylation is 3. The molecule has 7 heteroatoms. The molecule has 2 aromatic rings. The van der Waals surface area contributed by atoms with Gasteiger partial charge in [-0.3, -0.25) is 9.59 Å². The second-order valence-electron chi connectivity index (χ2n) is 7.57. The van der Waals surface area contributed by atoms with Crippen LogP contribution in [0.5, 0.6) is 0 Å². The molecule has 1 aliphatic rings. The predicted molar refractivity (Wildman–Crippen MR) is 113 cm³/mol. The van der Waals surface area contributed by atoms with E-state index in [1.54, 1.807) is 0 Å². The molecular formula is C22H26N2O4S. The Balaban J connectivity index is 1.44. The Morgan fingerprint density at radius 3 is 2.62 bits per heavy atom. The van der Waals surface area contributed by atoms with Crippen LogP contribution in [0.3, 0.4) is 0 Å². The molecule has 3 rings (SSSR count). The molecule has 0 aliphatic heterocycles. The van der Waals surface area contributed by atoms with E-state index in [9.17, 15) is 14.4 Å². The average Bonchev–Trinajstić information content (AvgIpc) is 3.10. The third kappa shape index (κ3) is 5.44. The first-order valence-electron chi connectivity index (χ1n) is 9.75. The fraction of sp³-hybridized carbons (Fsp3) is 0.409. The smallest absolute Gasteiger partial charge is 0.348 e. The average molecular weight is 415 g/mol. The van der Waals surface area contributed by atoms with Gasteiger partial charge in [0.15, 0.2) is 6.61 Å². The summed E-state index contributed by atoms with van der Waals surface area (Å²) in [4.78, 5) is 38.0. The molecule has 0 bridgehead atoms. The van der Waals surface area contributed by atoms with E-state index in [0.29, 0.717) is 10.8 Å². The molecule has 0 saturated carbocycles. The van der Waals surface area contributed by atoms with Crippen molar-refractivity contribution in [2.75, 3.05) is 18.5 Å². The van der Waals surface area contributed by atoms with Gasteiger partial charge in [0.2, 0.25) is 5.91 Å². The number of carbonyl (C=O) groups excluding carboxylic acids is 3. The standard InChI is InChI=1S/C22H26N2O4S/c1-13-7-8-17-16(9-13)10-18(29-17)22(27)28-12-20(26)23-11-19(25)24-21-14(2)5-4-6-15(21)3/h4-6,10,13H,7-9,11-12H2,1-3H3,(H,23,26)(H,24,25)/t13-/m1/s1. The van der Waals surface area contributed by atoms with Gasteiger partial charge in [0.25, 0.3) is 5.91 Å². The summed E-state index contributed by atoms with van der Waals surface area (Å²) in [5, 5.41) is 5.27. The first-order chi connectivity index (χ1) is 13.8. The highest BCUT2D eigenvalue weighted by molar-refractivity contribution is 7.14. The van der Waals surface area contributed by atoms with E-state index in [0.717, 1.165) is 36.1 Å². The molecule has 1 heterocycles. The zero-order chi connectivity index (χ0) is 21.0. The number of hydrogen-bond acceptors (Lipinski definition) is 5. The fourth-order valence-corrected chi connectivity index (χ4v) is 4.54. The molecule has 2 amide bonds. The van der Waals surface area contributed by atoms with Crippen LogP contribution >= 0.6 is 11.3 Å². The number of para-hydroxylation sites is 1. The SMILES string of the molecule is Cc1cccc(C)c1NC(=O)CNC(=O)COC(=O)c1cc2c(s1)CC[C@@H](C)C2. The quantitative estimate of drug-likeness (QED) is 0.710. The number of fused-ring (bicyclic) bond motifs is 1. The lowest BCUT2D eigenvalue weighted by molar-refractivity contribution is -0.126. The van der Waals surface area contributed by atoms with E-state index in [1.165, 1.54) is 21.8 Å². The topological polar surface area (TPSA) is 84.5 Å². The van der Waals surface area contributed by atoms with Gasteiger partial charge in [-0.15, -0.1) is 11.3 Å². The zero-order valence-electron chi connectivity index (χ0n) is 17.0. The summed E-state index contributed by atoms with van der Waals surface area (Å²) in [6, 6.07) is 7.61. The van der Waals surface area contributed by atoms with Crippen molar-refractivity contribution in [1.82, 2.24) is 5.32 Å².